The van der Waals surface area contributed by atoms with Gasteiger partial charge in [-0.15, -0.1) is 0 Å². The number of ketones is 2. The molecule has 34 heavy (non-hydrogen) atoms. The molecular weight excluding hydrogens is 433 g/mol. The molecule has 0 aliphatic carbocycles. The first-order valence-corrected chi connectivity index (χ1v) is 11.4. The number of Topliss-reactive ketones (excluding diaryl/α,β-unsaturated/α-hetero) is 1. The third-order valence-electron chi connectivity index (χ3n) is 6.75. The van der Waals surface area contributed by atoms with Gasteiger partial charge in [-0.25, -0.2) is 4.39 Å². The molecular formula is C28H28FNO4. The van der Waals surface area contributed by atoms with Crippen molar-refractivity contribution in [2.24, 2.45) is 5.92 Å². The number of hydrogen-bond donors (Lipinski definition) is 3. The van der Waals surface area contributed by atoms with Gasteiger partial charge in [-0.1, -0.05) is 24.3 Å². The van der Waals surface area contributed by atoms with E-state index in [9.17, 15) is 24.2 Å². The summed E-state index contributed by atoms with van der Waals surface area (Å²) >= 11 is 0. The average molecular weight is 462 g/mol. The second-order valence-electron chi connectivity index (χ2n) is 8.92. The van der Waals surface area contributed by atoms with Gasteiger partial charge in [0.1, 0.15) is 17.3 Å². The summed E-state index contributed by atoms with van der Waals surface area (Å²) < 4.78 is 14.5. The molecule has 0 amide bonds. The predicted octanol–water partition coefficient (Wildman–Crippen LogP) is 5.24. The standard InChI is InChI=1S/C28H28FNO4/c1-15-21(10-5-11-22(15)29)25-24(27(33)18-7-4-9-20(31)13-18)16(2)23(17(3)26(25)32)28(34)19-8-6-12-30-14-19/h4-5,7,9-11,13,19,30-32H,6,8,12,14H2,1-3H3/t19-/m0/s1. The molecule has 1 aliphatic rings. The minimum absolute atomic E-state index is 0.0760. The number of hydrogen-bond acceptors (Lipinski definition) is 5. The molecule has 3 aromatic rings. The van der Waals surface area contributed by atoms with E-state index in [-0.39, 0.29) is 45.5 Å². The minimum Gasteiger partial charge on any atom is -0.508 e. The van der Waals surface area contributed by atoms with Crippen LogP contribution in [-0.2, 0) is 0 Å². The molecule has 1 saturated heterocycles. The first-order chi connectivity index (χ1) is 16.2. The molecule has 1 aliphatic heterocycles. The maximum absolute atomic E-state index is 14.5. The van der Waals surface area contributed by atoms with Gasteiger partial charge in [0.2, 0.25) is 0 Å². The van der Waals surface area contributed by atoms with Gasteiger partial charge in [0.05, 0.1) is 0 Å². The van der Waals surface area contributed by atoms with Crippen LogP contribution in [0.4, 0.5) is 4.39 Å². The number of phenolic OH excluding ortho intramolecular Hbond substituents is 2. The normalized spacial score (nSPS) is 15.8. The van der Waals surface area contributed by atoms with Crippen LogP contribution in [0.25, 0.3) is 11.1 Å². The molecule has 4 rings (SSSR count). The Kier molecular flexibility index (Phi) is 6.53. The Hall–Kier alpha value is -3.51. The second kappa shape index (κ2) is 9.39. The van der Waals surface area contributed by atoms with Crippen LogP contribution in [0.2, 0.25) is 0 Å². The van der Waals surface area contributed by atoms with Gasteiger partial charge in [-0.05, 0) is 75.0 Å². The van der Waals surface area contributed by atoms with E-state index >= 15 is 0 Å². The largest absolute Gasteiger partial charge is 0.508 e. The van der Waals surface area contributed by atoms with Crippen molar-refractivity contribution in [2.45, 2.75) is 33.6 Å². The highest BCUT2D eigenvalue weighted by Crippen LogP contribution is 2.43. The molecule has 1 fully saturated rings. The van der Waals surface area contributed by atoms with Gasteiger partial charge < -0.3 is 15.5 Å². The molecule has 0 radical (unpaired) electrons. The molecule has 3 N–H and O–H groups in total. The molecule has 0 unspecified atom stereocenters. The number of rotatable bonds is 5. The van der Waals surface area contributed by atoms with E-state index in [2.05, 4.69) is 5.32 Å². The number of benzene rings is 3. The van der Waals surface area contributed by atoms with E-state index < -0.39 is 11.6 Å². The smallest absolute Gasteiger partial charge is 0.194 e. The van der Waals surface area contributed by atoms with Crippen molar-refractivity contribution in [1.29, 1.82) is 0 Å². The lowest BCUT2D eigenvalue weighted by atomic mass is 9.80. The quantitative estimate of drug-likeness (QED) is 0.452. The van der Waals surface area contributed by atoms with Crippen LogP contribution in [0.3, 0.4) is 0 Å². The van der Waals surface area contributed by atoms with Crippen molar-refractivity contribution in [1.82, 2.24) is 5.32 Å². The first-order valence-electron chi connectivity index (χ1n) is 11.4. The topological polar surface area (TPSA) is 86.6 Å². The summed E-state index contributed by atoms with van der Waals surface area (Å²) in [5, 5.41) is 24.5. The van der Waals surface area contributed by atoms with Crippen LogP contribution in [0.15, 0.2) is 42.5 Å². The van der Waals surface area contributed by atoms with Crippen LogP contribution >= 0.6 is 0 Å². The molecule has 3 aromatic carbocycles. The summed E-state index contributed by atoms with van der Waals surface area (Å²) in [6.07, 6.45) is 1.60. The first kappa shape index (κ1) is 23.6. The predicted molar refractivity (Wildman–Crippen MR) is 129 cm³/mol. The summed E-state index contributed by atoms with van der Waals surface area (Å²) in [4.78, 5) is 27.4. The van der Waals surface area contributed by atoms with Gasteiger partial charge in [0.15, 0.2) is 11.6 Å². The van der Waals surface area contributed by atoms with Crippen LogP contribution in [0.1, 0.15) is 55.8 Å². The molecule has 1 heterocycles. The minimum atomic E-state index is -0.462. The SMILES string of the molecule is Cc1c(F)cccc1-c1c(O)c(C)c(C(=O)[C@H]2CCCNC2)c(C)c1C(=O)c1cccc(O)c1. The molecule has 176 valence electrons. The Morgan fingerprint density at radius 1 is 0.971 bits per heavy atom. The van der Waals surface area contributed by atoms with Crippen molar-refractivity contribution in [2.75, 3.05) is 13.1 Å². The Labute approximate surface area is 198 Å². The van der Waals surface area contributed by atoms with Crippen molar-refractivity contribution in [3.05, 3.63) is 81.7 Å². The van der Waals surface area contributed by atoms with Gasteiger partial charge in [-0.2, -0.15) is 0 Å². The number of halogens is 1. The lowest BCUT2D eigenvalue weighted by Gasteiger charge is -2.26. The fraction of sp³-hybridized carbons (Fsp3) is 0.286. The number of nitrogens with one attached hydrogen (secondary N) is 1. The number of piperidine rings is 1. The van der Waals surface area contributed by atoms with Crippen molar-refractivity contribution >= 4 is 11.6 Å². The fourth-order valence-electron chi connectivity index (χ4n) is 4.88. The molecule has 0 spiro atoms. The van der Waals surface area contributed by atoms with Gasteiger partial charge >= 0.3 is 0 Å². The molecule has 1 atom stereocenters. The van der Waals surface area contributed by atoms with E-state index in [1.807, 2.05) is 0 Å². The Morgan fingerprint density at radius 3 is 2.38 bits per heavy atom. The zero-order chi connectivity index (χ0) is 24.6. The lowest BCUT2D eigenvalue weighted by Crippen LogP contribution is -2.35. The molecule has 0 saturated carbocycles. The second-order valence-corrected chi connectivity index (χ2v) is 8.92. The molecule has 5 nitrogen and oxygen atoms in total. The summed E-state index contributed by atoms with van der Waals surface area (Å²) in [5.41, 5.74) is 2.35. The maximum atomic E-state index is 14.5. The van der Waals surface area contributed by atoms with E-state index in [4.69, 9.17) is 0 Å². The summed E-state index contributed by atoms with van der Waals surface area (Å²) in [7, 11) is 0. The van der Waals surface area contributed by atoms with Crippen LogP contribution in [-0.4, -0.2) is 34.9 Å². The van der Waals surface area contributed by atoms with Crippen LogP contribution < -0.4 is 5.32 Å². The lowest BCUT2D eigenvalue weighted by molar-refractivity contribution is 0.0898. The highest BCUT2D eigenvalue weighted by atomic mass is 19.1. The average Bonchev–Trinajstić information content (AvgIpc) is 2.83. The van der Waals surface area contributed by atoms with Crippen molar-refractivity contribution in [3.8, 4) is 22.6 Å². The highest BCUT2D eigenvalue weighted by Gasteiger charge is 2.32. The number of carbonyl (C=O) groups excluding carboxylic acids is 2. The molecule has 0 aromatic heterocycles. The summed E-state index contributed by atoms with van der Waals surface area (Å²) in [6, 6.07) is 10.4. The maximum Gasteiger partial charge on any atom is 0.194 e. The van der Waals surface area contributed by atoms with Gasteiger partial charge in [0.25, 0.3) is 0 Å². The van der Waals surface area contributed by atoms with Crippen molar-refractivity contribution < 1.29 is 24.2 Å². The zero-order valence-electron chi connectivity index (χ0n) is 19.5. The van der Waals surface area contributed by atoms with E-state index in [1.54, 1.807) is 39.0 Å². The monoisotopic (exact) mass is 461 g/mol. The molecule has 0 bridgehead atoms. The van der Waals surface area contributed by atoms with Crippen molar-refractivity contribution in [3.63, 3.8) is 0 Å². The highest BCUT2D eigenvalue weighted by molar-refractivity contribution is 6.17. The number of aromatic hydroxyl groups is 2. The Bertz CT molecular complexity index is 1290. The Balaban J connectivity index is 2.02. The number of phenols is 2. The van der Waals surface area contributed by atoms with Crippen LogP contribution in [0, 0.1) is 32.5 Å². The zero-order valence-corrected chi connectivity index (χ0v) is 19.5. The van der Waals surface area contributed by atoms with E-state index in [0.29, 0.717) is 28.8 Å². The third kappa shape index (κ3) is 4.10. The molecule has 6 heteroatoms. The number of carbonyl (C=O) groups is 2. The van der Waals surface area contributed by atoms with Crippen LogP contribution in [0.5, 0.6) is 11.5 Å². The Morgan fingerprint density at radius 2 is 1.71 bits per heavy atom. The van der Waals surface area contributed by atoms with E-state index in [0.717, 1.165) is 19.4 Å². The fourth-order valence-corrected chi connectivity index (χ4v) is 4.88. The summed E-state index contributed by atoms with van der Waals surface area (Å²) in [5.74, 6) is -1.58. The summed E-state index contributed by atoms with van der Waals surface area (Å²) in [6.45, 7) is 6.34. The van der Waals surface area contributed by atoms with Gasteiger partial charge in [-0.3, -0.25) is 9.59 Å². The van der Waals surface area contributed by atoms with Gasteiger partial charge in [0, 0.05) is 40.3 Å². The third-order valence-corrected chi connectivity index (χ3v) is 6.75. The van der Waals surface area contributed by atoms with E-state index in [1.165, 1.54) is 24.3 Å².